The second kappa shape index (κ2) is 3.88. The number of quaternary nitrogens is 1. The molecule has 1 N–H and O–H groups in total. The lowest BCUT2D eigenvalue weighted by atomic mass is 9.97. The number of aromatic nitrogens is 1. The highest BCUT2D eigenvalue weighted by atomic mass is 15.1. The van der Waals surface area contributed by atoms with Gasteiger partial charge in [0.2, 0.25) is 0 Å². The second-order valence-electron chi connectivity index (χ2n) is 3.93. The van der Waals surface area contributed by atoms with Gasteiger partial charge in [0.25, 0.3) is 0 Å². The van der Waals surface area contributed by atoms with E-state index in [9.17, 15) is 0 Å². The van der Waals surface area contributed by atoms with Gasteiger partial charge in [0.05, 0.1) is 13.6 Å². The van der Waals surface area contributed by atoms with Crippen LogP contribution in [0.3, 0.4) is 0 Å². The minimum atomic E-state index is 0.683. The summed E-state index contributed by atoms with van der Waals surface area (Å²) in [5.74, 6) is 0. The number of hydrogen-bond acceptors (Lipinski definition) is 1. The van der Waals surface area contributed by atoms with Crippen LogP contribution in [0.15, 0.2) is 24.5 Å². The molecule has 2 heterocycles. The third-order valence-electron chi connectivity index (χ3n) is 3.00. The van der Waals surface area contributed by atoms with Gasteiger partial charge >= 0.3 is 0 Å². The molecule has 1 aromatic rings. The van der Waals surface area contributed by atoms with Gasteiger partial charge in [-0.25, -0.2) is 0 Å². The molecule has 1 aliphatic heterocycles. The van der Waals surface area contributed by atoms with Gasteiger partial charge in [-0.2, -0.15) is 0 Å². The molecule has 1 aromatic heterocycles. The first-order valence-electron chi connectivity index (χ1n) is 5.10. The fraction of sp³-hybridized carbons (Fsp3) is 0.545. The summed E-state index contributed by atoms with van der Waals surface area (Å²) in [6.07, 6.45) is 7.93. The maximum Gasteiger partial charge on any atom is 0.114 e. The Morgan fingerprint density at radius 2 is 2.38 bits per heavy atom. The number of pyridine rings is 1. The first-order chi connectivity index (χ1) is 6.38. The Labute approximate surface area is 79.6 Å². The van der Waals surface area contributed by atoms with Crippen molar-refractivity contribution >= 4 is 0 Å². The number of piperidine rings is 1. The monoisotopic (exact) mass is 177 g/mol. The summed E-state index contributed by atoms with van der Waals surface area (Å²) in [4.78, 5) is 5.82. The molecule has 0 amide bonds. The maximum atomic E-state index is 4.18. The summed E-state index contributed by atoms with van der Waals surface area (Å²) in [5.41, 5.74) is 1.40. The fourth-order valence-corrected chi connectivity index (χ4v) is 2.21. The number of nitrogens with one attached hydrogen (secondary N) is 1. The number of nitrogens with zero attached hydrogens (tertiary/aromatic N) is 1. The summed E-state index contributed by atoms with van der Waals surface area (Å²) in [6, 6.07) is 4.92. The Morgan fingerprint density at radius 3 is 3.08 bits per heavy atom. The van der Waals surface area contributed by atoms with Gasteiger partial charge < -0.3 is 4.90 Å². The molecular formula is C11H17N2+. The lowest BCUT2D eigenvalue weighted by Crippen LogP contribution is -3.10. The fourth-order valence-electron chi connectivity index (χ4n) is 2.21. The summed E-state index contributed by atoms with van der Waals surface area (Å²) < 4.78 is 0. The molecule has 1 saturated heterocycles. The van der Waals surface area contributed by atoms with Gasteiger partial charge in [0.15, 0.2) is 0 Å². The molecular weight excluding hydrogens is 160 g/mol. The van der Waals surface area contributed by atoms with Crippen molar-refractivity contribution in [2.24, 2.45) is 0 Å². The maximum absolute atomic E-state index is 4.18. The van der Waals surface area contributed by atoms with E-state index in [2.05, 4.69) is 18.1 Å². The van der Waals surface area contributed by atoms with Gasteiger partial charge in [-0.3, -0.25) is 4.98 Å². The number of hydrogen-bond donors (Lipinski definition) is 1. The highest BCUT2D eigenvalue weighted by Gasteiger charge is 2.23. The van der Waals surface area contributed by atoms with Crippen molar-refractivity contribution in [3.8, 4) is 0 Å². The minimum absolute atomic E-state index is 0.683. The molecule has 2 atom stereocenters. The molecule has 2 nitrogen and oxygen atoms in total. The van der Waals surface area contributed by atoms with Gasteiger partial charge in [-0.05, 0) is 18.9 Å². The highest BCUT2D eigenvalue weighted by molar-refractivity contribution is 5.11. The van der Waals surface area contributed by atoms with Gasteiger partial charge in [-0.1, -0.05) is 6.07 Å². The molecule has 1 aliphatic rings. The van der Waals surface area contributed by atoms with Gasteiger partial charge in [-0.15, -0.1) is 0 Å². The molecule has 0 radical (unpaired) electrons. The molecule has 0 aliphatic carbocycles. The van der Waals surface area contributed by atoms with Gasteiger partial charge in [0, 0.05) is 24.4 Å². The van der Waals surface area contributed by atoms with Crippen molar-refractivity contribution in [3.63, 3.8) is 0 Å². The van der Waals surface area contributed by atoms with E-state index < -0.39 is 0 Å². The molecule has 1 fully saturated rings. The topological polar surface area (TPSA) is 17.3 Å². The van der Waals surface area contributed by atoms with E-state index in [4.69, 9.17) is 0 Å². The Kier molecular flexibility index (Phi) is 2.60. The average Bonchev–Trinajstić information content (AvgIpc) is 2.20. The summed E-state index contributed by atoms with van der Waals surface area (Å²) in [5, 5.41) is 0. The van der Waals surface area contributed by atoms with E-state index in [0.717, 1.165) is 0 Å². The Hall–Kier alpha value is -0.890. The summed E-state index contributed by atoms with van der Waals surface area (Å²) in [7, 11) is 2.29. The second-order valence-corrected chi connectivity index (χ2v) is 3.93. The van der Waals surface area contributed by atoms with E-state index in [-0.39, 0.29) is 0 Å². The van der Waals surface area contributed by atoms with E-state index in [1.807, 2.05) is 18.5 Å². The molecule has 0 saturated carbocycles. The number of likely N-dealkylation sites (tertiary alicyclic amines) is 1. The van der Waals surface area contributed by atoms with Crippen LogP contribution in [0.5, 0.6) is 0 Å². The smallest absolute Gasteiger partial charge is 0.114 e. The van der Waals surface area contributed by atoms with Crippen LogP contribution in [0.2, 0.25) is 0 Å². The lowest BCUT2D eigenvalue weighted by molar-refractivity contribution is -0.917. The van der Waals surface area contributed by atoms with Crippen molar-refractivity contribution < 1.29 is 4.90 Å². The molecule has 2 heteroatoms. The normalized spacial score (nSPS) is 28.7. The SMILES string of the molecule is C[NH+]1CCCCC1c1cccnc1. The van der Waals surface area contributed by atoms with Crippen LogP contribution in [0.4, 0.5) is 0 Å². The average molecular weight is 177 g/mol. The molecule has 2 unspecified atom stereocenters. The predicted molar refractivity (Wildman–Crippen MR) is 52.6 cm³/mol. The van der Waals surface area contributed by atoms with Crippen molar-refractivity contribution in [1.29, 1.82) is 0 Å². The van der Waals surface area contributed by atoms with Crippen molar-refractivity contribution in [1.82, 2.24) is 4.98 Å². The molecule has 0 aromatic carbocycles. The lowest BCUT2D eigenvalue weighted by Gasteiger charge is -2.29. The van der Waals surface area contributed by atoms with Crippen LogP contribution >= 0.6 is 0 Å². The summed E-state index contributed by atoms with van der Waals surface area (Å²) in [6.45, 7) is 1.31. The van der Waals surface area contributed by atoms with Crippen LogP contribution in [0.1, 0.15) is 30.9 Å². The molecule has 0 bridgehead atoms. The summed E-state index contributed by atoms with van der Waals surface area (Å²) >= 11 is 0. The van der Waals surface area contributed by atoms with Crippen molar-refractivity contribution in [2.75, 3.05) is 13.6 Å². The molecule has 70 valence electrons. The third-order valence-corrected chi connectivity index (χ3v) is 3.00. The number of rotatable bonds is 1. The van der Waals surface area contributed by atoms with Crippen LogP contribution in [0.25, 0.3) is 0 Å². The third kappa shape index (κ3) is 1.89. The zero-order valence-electron chi connectivity index (χ0n) is 8.16. The zero-order valence-corrected chi connectivity index (χ0v) is 8.16. The quantitative estimate of drug-likeness (QED) is 0.672. The van der Waals surface area contributed by atoms with Crippen molar-refractivity contribution in [3.05, 3.63) is 30.1 Å². The van der Waals surface area contributed by atoms with Crippen LogP contribution in [0, 0.1) is 0 Å². The Bertz CT molecular complexity index is 258. The van der Waals surface area contributed by atoms with Crippen LogP contribution in [-0.4, -0.2) is 18.6 Å². The first-order valence-corrected chi connectivity index (χ1v) is 5.10. The van der Waals surface area contributed by atoms with E-state index in [1.165, 1.54) is 31.4 Å². The van der Waals surface area contributed by atoms with Crippen molar-refractivity contribution in [2.45, 2.75) is 25.3 Å². The van der Waals surface area contributed by atoms with Crippen LogP contribution in [-0.2, 0) is 0 Å². The van der Waals surface area contributed by atoms with E-state index in [1.54, 1.807) is 4.90 Å². The van der Waals surface area contributed by atoms with Gasteiger partial charge in [0.1, 0.15) is 6.04 Å². The first kappa shape index (κ1) is 8.70. The Morgan fingerprint density at radius 1 is 1.46 bits per heavy atom. The van der Waals surface area contributed by atoms with E-state index in [0.29, 0.717) is 6.04 Å². The highest BCUT2D eigenvalue weighted by Crippen LogP contribution is 2.17. The van der Waals surface area contributed by atoms with E-state index >= 15 is 0 Å². The molecule has 2 rings (SSSR count). The van der Waals surface area contributed by atoms with Crippen LogP contribution < -0.4 is 4.90 Å². The Balaban J connectivity index is 2.15. The molecule has 0 spiro atoms. The standard InChI is InChI=1S/C11H16N2/c1-13-8-3-2-6-11(13)10-5-4-7-12-9-10/h4-5,7,9,11H,2-3,6,8H2,1H3/p+1. The molecule has 13 heavy (non-hydrogen) atoms. The predicted octanol–water partition coefficient (Wildman–Crippen LogP) is 0.821. The largest absolute Gasteiger partial charge is 0.331 e. The zero-order chi connectivity index (χ0) is 9.10. The minimum Gasteiger partial charge on any atom is -0.331 e.